The molecule has 0 aliphatic heterocycles. The van der Waals surface area contributed by atoms with Crippen molar-refractivity contribution in [3.8, 4) is 17.6 Å². The molecule has 2 rings (SSSR count). The molecule has 4 heteroatoms. The quantitative estimate of drug-likeness (QED) is 0.831. The van der Waals surface area contributed by atoms with E-state index < -0.39 is 0 Å². The smallest absolute Gasteiger partial charge is 0.122 e. The largest absolute Gasteiger partial charge is 0.488 e. The van der Waals surface area contributed by atoms with Crippen LogP contribution in [-0.4, -0.2) is 16.8 Å². The lowest BCUT2D eigenvalue weighted by Crippen LogP contribution is -1.93. The van der Waals surface area contributed by atoms with Crippen LogP contribution in [0.1, 0.15) is 21.7 Å². The van der Waals surface area contributed by atoms with Crippen LogP contribution < -0.4 is 4.74 Å². The average molecular weight is 288 g/mol. The molecule has 20 heavy (non-hydrogen) atoms. The minimum absolute atomic E-state index is 0.0427. The Bertz CT molecular complexity index is 590. The van der Waals surface area contributed by atoms with E-state index in [0.29, 0.717) is 13.0 Å². The standard InChI is InChI=1S/C16H16O3S/c17-10-2-1-3-15-8-9-16(20-15)12-19-14-6-4-13(11-18)5-7-14/h4-9,17-18H,2,10-12H2. The van der Waals surface area contributed by atoms with Gasteiger partial charge < -0.3 is 14.9 Å². The Morgan fingerprint density at radius 3 is 2.55 bits per heavy atom. The number of hydrogen-bond donors (Lipinski definition) is 2. The van der Waals surface area contributed by atoms with Gasteiger partial charge in [-0.3, -0.25) is 0 Å². The van der Waals surface area contributed by atoms with Crippen molar-refractivity contribution in [3.05, 3.63) is 51.7 Å². The van der Waals surface area contributed by atoms with Gasteiger partial charge in [-0.2, -0.15) is 0 Å². The van der Waals surface area contributed by atoms with Crippen molar-refractivity contribution >= 4 is 11.3 Å². The molecule has 0 aliphatic carbocycles. The van der Waals surface area contributed by atoms with Gasteiger partial charge in [0.25, 0.3) is 0 Å². The fourth-order valence-electron chi connectivity index (χ4n) is 1.57. The SMILES string of the molecule is OCCC#Cc1ccc(COc2ccc(CO)cc2)s1. The van der Waals surface area contributed by atoms with Crippen LogP contribution in [0.25, 0.3) is 0 Å². The third-order valence-electron chi connectivity index (χ3n) is 2.60. The number of aliphatic hydroxyl groups is 2. The molecule has 2 N–H and O–H groups in total. The number of rotatable bonds is 5. The average Bonchev–Trinajstić information content (AvgIpc) is 2.94. The van der Waals surface area contributed by atoms with E-state index in [0.717, 1.165) is 21.1 Å². The summed E-state index contributed by atoms with van der Waals surface area (Å²) in [6.07, 6.45) is 0.501. The Morgan fingerprint density at radius 1 is 1.05 bits per heavy atom. The van der Waals surface area contributed by atoms with E-state index in [1.165, 1.54) is 0 Å². The second-order valence-electron chi connectivity index (χ2n) is 4.13. The molecule has 0 saturated carbocycles. The lowest BCUT2D eigenvalue weighted by Gasteiger charge is -2.04. The monoisotopic (exact) mass is 288 g/mol. The van der Waals surface area contributed by atoms with Crippen LogP contribution in [0.2, 0.25) is 0 Å². The summed E-state index contributed by atoms with van der Waals surface area (Å²) in [4.78, 5) is 2.08. The molecule has 1 aromatic carbocycles. The van der Waals surface area contributed by atoms with Crippen molar-refractivity contribution in [2.75, 3.05) is 6.61 Å². The Labute approximate surface area is 122 Å². The predicted molar refractivity (Wildman–Crippen MR) is 79.6 cm³/mol. The molecule has 0 radical (unpaired) electrons. The number of hydrogen-bond acceptors (Lipinski definition) is 4. The van der Waals surface area contributed by atoms with E-state index in [-0.39, 0.29) is 13.2 Å². The Kier molecular flexibility index (Phi) is 5.63. The normalized spacial score (nSPS) is 9.90. The molecule has 0 bridgehead atoms. The molecule has 0 spiro atoms. The van der Waals surface area contributed by atoms with Crippen LogP contribution in [0.3, 0.4) is 0 Å². The van der Waals surface area contributed by atoms with Gasteiger partial charge in [0.15, 0.2) is 0 Å². The van der Waals surface area contributed by atoms with Crippen molar-refractivity contribution in [1.82, 2.24) is 0 Å². The third kappa shape index (κ3) is 4.39. The third-order valence-corrected chi connectivity index (χ3v) is 3.57. The van der Waals surface area contributed by atoms with Crippen molar-refractivity contribution in [3.63, 3.8) is 0 Å². The van der Waals surface area contributed by atoms with E-state index in [2.05, 4.69) is 11.8 Å². The molecule has 3 nitrogen and oxygen atoms in total. The first-order valence-electron chi connectivity index (χ1n) is 6.33. The molecule has 0 saturated heterocycles. The van der Waals surface area contributed by atoms with Crippen LogP contribution in [0, 0.1) is 11.8 Å². The fourth-order valence-corrected chi connectivity index (χ4v) is 2.37. The molecule has 104 valence electrons. The zero-order valence-corrected chi connectivity index (χ0v) is 11.8. The molecule has 1 aromatic heterocycles. The molecule has 2 aromatic rings. The van der Waals surface area contributed by atoms with E-state index in [4.69, 9.17) is 14.9 Å². The molecule has 1 heterocycles. The van der Waals surface area contributed by atoms with Crippen molar-refractivity contribution in [2.45, 2.75) is 19.6 Å². The Hall–Kier alpha value is -1.80. The highest BCUT2D eigenvalue weighted by Crippen LogP contribution is 2.19. The first kappa shape index (κ1) is 14.6. The maximum Gasteiger partial charge on any atom is 0.122 e. The molecule has 0 unspecified atom stereocenters. The highest BCUT2D eigenvalue weighted by molar-refractivity contribution is 7.12. The highest BCUT2D eigenvalue weighted by Gasteiger charge is 2.00. The summed E-state index contributed by atoms with van der Waals surface area (Å²) in [7, 11) is 0. The number of benzene rings is 1. The molecular formula is C16H16O3S. The Balaban J connectivity index is 1.89. The zero-order valence-electron chi connectivity index (χ0n) is 11.0. The summed E-state index contributed by atoms with van der Waals surface area (Å²) >= 11 is 1.59. The van der Waals surface area contributed by atoms with Crippen LogP contribution >= 0.6 is 11.3 Å². The molecule has 0 atom stereocenters. The summed E-state index contributed by atoms with van der Waals surface area (Å²) < 4.78 is 5.67. The minimum atomic E-state index is 0.0427. The van der Waals surface area contributed by atoms with Crippen LogP contribution in [0.15, 0.2) is 36.4 Å². The molecule has 0 amide bonds. The lowest BCUT2D eigenvalue weighted by molar-refractivity contribution is 0.281. The van der Waals surface area contributed by atoms with Gasteiger partial charge in [0.05, 0.1) is 18.1 Å². The van der Waals surface area contributed by atoms with Crippen molar-refractivity contribution in [2.24, 2.45) is 0 Å². The van der Waals surface area contributed by atoms with Gasteiger partial charge in [0.2, 0.25) is 0 Å². The highest BCUT2D eigenvalue weighted by atomic mass is 32.1. The zero-order chi connectivity index (χ0) is 14.2. The summed E-state index contributed by atoms with van der Waals surface area (Å²) in [6.45, 7) is 0.643. The van der Waals surface area contributed by atoms with Crippen LogP contribution in [-0.2, 0) is 13.2 Å². The first-order valence-corrected chi connectivity index (χ1v) is 7.14. The van der Waals surface area contributed by atoms with Gasteiger partial charge in [-0.15, -0.1) is 11.3 Å². The van der Waals surface area contributed by atoms with E-state index in [1.54, 1.807) is 11.3 Å². The van der Waals surface area contributed by atoms with Gasteiger partial charge in [-0.1, -0.05) is 24.0 Å². The first-order chi connectivity index (χ1) is 9.81. The topological polar surface area (TPSA) is 49.7 Å². The summed E-state index contributed by atoms with van der Waals surface area (Å²) in [5, 5.41) is 17.6. The lowest BCUT2D eigenvalue weighted by atomic mass is 10.2. The van der Waals surface area contributed by atoms with Gasteiger partial charge in [0.1, 0.15) is 12.4 Å². The van der Waals surface area contributed by atoms with Crippen LogP contribution in [0.5, 0.6) is 5.75 Å². The maximum absolute atomic E-state index is 8.96. The maximum atomic E-state index is 8.96. The number of ether oxygens (including phenoxy) is 1. The molecule has 0 aliphatic rings. The second-order valence-corrected chi connectivity index (χ2v) is 5.30. The number of thiophene rings is 1. The predicted octanol–water partition coefficient (Wildman–Crippen LogP) is 2.55. The van der Waals surface area contributed by atoms with E-state index >= 15 is 0 Å². The van der Waals surface area contributed by atoms with Gasteiger partial charge >= 0.3 is 0 Å². The van der Waals surface area contributed by atoms with Gasteiger partial charge in [-0.25, -0.2) is 0 Å². The molecular weight excluding hydrogens is 272 g/mol. The minimum Gasteiger partial charge on any atom is -0.488 e. The van der Waals surface area contributed by atoms with Crippen molar-refractivity contribution < 1.29 is 14.9 Å². The van der Waals surface area contributed by atoms with Gasteiger partial charge in [-0.05, 0) is 29.8 Å². The second kappa shape index (κ2) is 7.71. The fraction of sp³-hybridized carbons (Fsp3) is 0.250. The number of aliphatic hydroxyl groups excluding tert-OH is 2. The summed E-state index contributed by atoms with van der Waals surface area (Å²) in [6, 6.07) is 11.3. The van der Waals surface area contributed by atoms with E-state index in [9.17, 15) is 0 Å². The van der Waals surface area contributed by atoms with Crippen LogP contribution in [0.4, 0.5) is 0 Å². The van der Waals surface area contributed by atoms with E-state index in [1.807, 2.05) is 36.4 Å². The van der Waals surface area contributed by atoms with Gasteiger partial charge in [0, 0.05) is 11.3 Å². The van der Waals surface area contributed by atoms with Crippen molar-refractivity contribution in [1.29, 1.82) is 0 Å². The summed E-state index contributed by atoms with van der Waals surface area (Å²) in [5.74, 6) is 6.68. The Morgan fingerprint density at radius 2 is 1.85 bits per heavy atom. The molecule has 0 fully saturated rings. The summed E-state index contributed by atoms with van der Waals surface area (Å²) in [5.41, 5.74) is 0.870.